The Kier molecular flexibility index (Phi) is 34.5. The van der Waals surface area contributed by atoms with Crippen LogP contribution in [0.1, 0.15) is 181 Å². The van der Waals surface area contributed by atoms with Crippen LogP contribution in [0.2, 0.25) is 0 Å². The molecule has 1 heterocycles. The molecule has 1 fully saturated rings. The molecule has 1 aliphatic rings. The van der Waals surface area contributed by atoms with E-state index in [-0.39, 0.29) is 25.0 Å². The summed E-state index contributed by atoms with van der Waals surface area (Å²) >= 11 is 0. The van der Waals surface area contributed by atoms with Gasteiger partial charge in [-0.2, -0.15) is 0 Å². The summed E-state index contributed by atoms with van der Waals surface area (Å²) in [4.78, 5) is 52.9. The summed E-state index contributed by atoms with van der Waals surface area (Å²) in [6.45, 7) is 1.67. The number of unbranched alkanes of at least 4 members (excludes halogenated alkanes) is 17. The van der Waals surface area contributed by atoms with Gasteiger partial charge in [0.05, 0.1) is 32.0 Å². The summed E-state index contributed by atoms with van der Waals surface area (Å²) in [5, 5.41) is 9.76. The van der Waals surface area contributed by atoms with Crippen LogP contribution in [0, 0.1) is 0 Å². The Balaban J connectivity index is 2.39. The number of epoxide rings is 1. The lowest BCUT2D eigenvalue weighted by Crippen LogP contribution is -2.30. The van der Waals surface area contributed by atoms with Crippen LogP contribution < -0.4 is 0 Å². The van der Waals surface area contributed by atoms with Crippen molar-refractivity contribution in [1.29, 1.82) is 0 Å². The topological polar surface area (TPSA) is 208 Å². The molecule has 0 amide bonds. The van der Waals surface area contributed by atoms with E-state index in [1.807, 2.05) is 0 Å². The molecular formula is C44H80O14P2. The lowest BCUT2D eigenvalue weighted by molar-refractivity contribution is -0.161. The van der Waals surface area contributed by atoms with Crippen molar-refractivity contribution in [3.63, 3.8) is 0 Å². The number of ether oxygens (including phenoxy) is 3. The highest BCUT2D eigenvalue weighted by molar-refractivity contribution is 7.47. The van der Waals surface area contributed by atoms with Crippen molar-refractivity contribution in [3.05, 3.63) is 36.5 Å². The van der Waals surface area contributed by atoms with E-state index in [1.165, 1.54) is 89.9 Å². The van der Waals surface area contributed by atoms with Gasteiger partial charge in [0.25, 0.3) is 0 Å². The van der Waals surface area contributed by atoms with Crippen molar-refractivity contribution in [2.45, 2.75) is 205 Å². The monoisotopic (exact) mass is 895 g/mol. The molecule has 0 spiro atoms. The molecule has 0 radical (unpaired) electrons. The summed E-state index contributed by atoms with van der Waals surface area (Å²) in [6, 6.07) is 0. The van der Waals surface area contributed by atoms with Gasteiger partial charge in [0.15, 0.2) is 6.10 Å². The summed E-state index contributed by atoms with van der Waals surface area (Å²) in [5.74, 6) is -1.10. The average molecular weight is 895 g/mol. The molecule has 5 atom stereocenters. The third-order valence-corrected chi connectivity index (χ3v) is 11.4. The van der Waals surface area contributed by atoms with E-state index in [0.29, 0.717) is 19.3 Å². The number of carbonyl (C=O) groups excluding carboxylic acids is 2. The molecular weight excluding hydrogens is 814 g/mol. The minimum atomic E-state index is -4.87. The zero-order valence-electron chi connectivity index (χ0n) is 36.8. The molecule has 3 unspecified atom stereocenters. The van der Waals surface area contributed by atoms with Crippen molar-refractivity contribution < 1.29 is 66.3 Å². The molecule has 16 heteroatoms. The van der Waals surface area contributed by atoms with Crippen LogP contribution in [-0.4, -0.2) is 82.6 Å². The Hall–Kier alpha value is -1.70. The van der Waals surface area contributed by atoms with E-state index in [2.05, 4.69) is 54.8 Å². The molecule has 14 nitrogen and oxygen atoms in total. The van der Waals surface area contributed by atoms with Crippen molar-refractivity contribution >= 4 is 27.6 Å². The number of phosphoric acid groups is 2. The minimum Gasteiger partial charge on any atom is -0.462 e. The maximum Gasteiger partial charge on any atom is 0.472 e. The fourth-order valence-corrected chi connectivity index (χ4v) is 7.53. The van der Waals surface area contributed by atoms with Gasteiger partial charge in [0, 0.05) is 12.8 Å². The molecule has 1 aliphatic heterocycles. The van der Waals surface area contributed by atoms with Gasteiger partial charge in [-0.25, -0.2) is 9.13 Å². The number of phosphoric ester groups is 2. The van der Waals surface area contributed by atoms with E-state index in [1.54, 1.807) is 0 Å². The number of hydrogen-bond donors (Lipinski definition) is 4. The predicted molar refractivity (Wildman–Crippen MR) is 234 cm³/mol. The van der Waals surface area contributed by atoms with Crippen molar-refractivity contribution in [3.8, 4) is 0 Å². The Morgan fingerprint density at radius 3 is 1.68 bits per heavy atom. The maximum atomic E-state index is 12.7. The van der Waals surface area contributed by atoms with Gasteiger partial charge in [-0.15, -0.1) is 0 Å². The van der Waals surface area contributed by atoms with Crippen LogP contribution in [0.15, 0.2) is 36.5 Å². The summed E-state index contributed by atoms with van der Waals surface area (Å²) in [6.07, 6.45) is 37.2. The van der Waals surface area contributed by atoms with Gasteiger partial charge >= 0.3 is 27.6 Å². The lowest BCUT2D eigenvalue weighted by atomic mass is 10.0. The highest BCUT2D eigenvalue weighted by atomic mass is 31.2. The number of rotatable bonds is 42. The summed E-state index contributed by atoms with van der Waals surface area (Å²) in [7, 11) is -9.70. The van der Waals surface area contributed by atoms with Crippen molar-refractivity contribution in [2.24, 2.45) is 0 Å². The molecule has 4 N–H and O–H groups in total. The minimum absolute atomic E-state index is 0.0817. The second kappa shape index (κ2) is 36.8. The highest BCUT2D eigenvalue weighted by Gasteiger charge is 2.36. The van der Waals surface area contributed by atoms with Crippen molar-refractivity contribution in [1.82, 2.24) is 0 Å². The third-order valence-electron chi connectivity index (χ3n) is 9.95. The van der Waals surface area contributed by atoms with Gasteiger partial charge in [0.2, 0.25) is 0 Å². The van der Waals surface area contributed by atoms with Crippen molar-refractivity contribution in [2.75, 3.05) is 26.4 Å². The Morgan fingerprint density at radius 2 is 1.08 bits per heavy atom. The van der Waals surface area contributed by atoms with Gasteiger partial charge < -0.3 is 34.0 Å². The lowest BCUT2D eigenvalue weighted by Gasteiger charge is -2.20. The van der Waals surface area contributed by atoms with E-state index < -0.39 is 66.2 Å². The molecule has 1 rings (SSSR count). The Morgan fingerprint density at radius 1 is 0.583 bits per heavy atom. The second-order valence-corrected chi connectivity index (χ2v) is 18.4. The van der Waals surface area contributed by atoms with Gasteiger partial charge in [-0.05, 0) is 51.4 Å². The second-order valence-electron chi connectivity index (χ2n) is 15.7. The fourth-order valence-electron chi connectivity index (χ4n) is 6.38. The molecule has 60 heavy (non-hydrogen) atoms. The normalized spacial score (nSPS) is 17.7. The summed E-state index contributed by atoms with van der Waals surface area (Å²) < 4.78 is 53.6. The van der Waals surface area contributed by atoms with E-state index in [4.69, 9.17) is 33.0 Å². The van der Waals surface area contributed by atoms with E-state index >= 15 is 0 Å². The van der Waals surface area contributed by atoms with Crippen LogP contribution in [0.3, 0.4) is 0 Å². The molecule has 0 aromatic carbocycles. The van der Waals surface area contributed by atoms with Gasteiger partial charge in [-0.1, -0.05) is 153 Å². The first-order valence-electron chi connectivity index (χ1n) is 22.8. The molecule has 350 valence electrons. The van der Waals surface area contributed by atoms with Gasteiger partial charge in [-0.3, -0.25) is 23.2 Å². The SMILES string of the molecule is CCCCC/C=C\C/C=C\C/C=C\CC1OC1CCCC(=O)OC[C@H](COP(=O)(O)OC[C@@H](O)COP(=O)(O)O)OC(=O)CCCCCCCCCCCCCCCCC. The zero-order chi connectivity index (χ0) is 44.2. The third kappa shape index (κ3) is 36.9. The molecule has 0 aromatic heterocycles. The first-order chi connectivity index (χ1) is 28.8. The standard InChI is InChI=1S/C44H80O14P2/c1-3-5-7-9-11-13-15-17-18-19-21-23-25-27-29-33-44(47)57-40(38-56-60(51,52)55-36-39(45)35-54-59(48,49)50)37-53-43(46)34-30-32-42-41(58-42)31-28-26-24-22-20-16-14-12-10-8-6-4-2/h12,14,20,22,26,28,39-42,45H,3-11,13,15-19,21,23-25,27,29-38H2,1-2H3,(H,51,52)(H2,48,49,50)/b14-12-,22-20-,28-26-/t39-,40+,41?,42?/m0/s1. The molecule has 1 saturated heterocycles. The number of hydrogen-bond acceptors (Lipinski definition) is 11. The van der Waals surface area contributed by atoms with Crippen LogP contribution in [0.4, 0.5) is 0 Å². The first-order valence-corrected chi connectivity index (χ1v) is 25.8. The first kappa shape index (κ1) is 56.3. The van der Waals surface area contributed by atoms with Gasteiger partial charge in [0.1, 0.15) is 12.7 Å². The van der Waals surface area contributed by atoms with Crippen LogP contribution in [0.5, 0.6) is 0 Å². The fraction of sp³-hybridized carbons (Fsp3) is 0.818. The molecule has 0 aliphatic carbocycles. The largest absolute Gasteiger partial charge is 0.472 e. The quantitative estimate of drug-likeness (QED) is 0.0148. The Bertz CT molecular complexity index is 1270. The predicted octanol–water partition coefficient (Wildman–Crippen LogP) is 10.7. The van der Waals surface area contributed by atoms with Crippen LogP contribution in [-0.2, 0) is 46.5 Å². The molecule has 0 bridgehead atoms. The van der Waals surface area contributed by atoms with E-state index in [0.717, 1.165) is 44.9 Å². The summed E-state index contributed by atoms with van der Waals surface area (Å²) in [5.41, 5.74) is 0. The highest BCUT2D eigenvalue weighted by Crippen LogP contribution is 2.44. The number of aliphatic hydroxyl groups is 1. The average Bonchev–Trinajstić information content (AvgIpc) is 3.96. The number of carbonyl (C=O) groups is 2. The van der Waals surface area contributed by atoms with E-state index in [9.17, 15) is 28.7 Å². The number of allylic oxidation sites excluding steroid dienone is 5. The smallest absolute Gasteiger partial charge is 0.462 e. The number of esters is 2. The molecule has 0 aromatic rings. The van der Waals surface area contributed by atoms with Crippen LogP contribution >= 0.6 is 15.6 Å². The zero-order valence-corrected chi connectivity index (χ0v) is 38.5. The Labute approximate surface area is 361 Å². The molecule has 0 saturated carbocycles. The maximum absolute atomic E-state index is 12.7. The van der Waals surface area contributed by atoms with Crippen LogP contribution in [0.25, 0.3) is 0 Å². The number of aliphatic hydroxyl groups excluding tert-OH is 1.